The Morgan fingerprint density at radius 3 is 1.98 bits per heavy atom. The van der Waals surface area contributed by atoms with Crippen LogP contribution in [-0.4, -0.2) is 161 Å². The van der Waals surface area contributed by atoms with E-state index in [1.807, 2.05) is 30.3 Å². The molecule has 0 bridgehead atoms. The summed E-state index contributed by atoms with van der Waals surface area (Å²) in [5.74, 6) is -5.41. The third kappa shape index (κ3) is 17.9. The largest absolute Gasteiger partial charge is 0.370 e. The summed E-state index contributed by atoms with van der Waals surface area (Å²) in [6.45, 7) is 3.85. The molecule has 0 aliphatic carbocycles. The Labute approximate surface area is 465 Å². The van der Waals surface area contributed by atoms with Crippen LogP contribution < -0.4 is 60.2 Å². The van der Waals surface area contributed by atoms with Crippen LogP contribution >= 0.6 is 0 Å². The maximum absolute atomic E-state index is 14.9. The number of nitrogens with zero attached hydrogens (tertiary/aromatic N) is 4. The van der Waals surface area contributed by atoms with E-state index in [1.54, 1.807) is 30.5 Å². The van der Waals surface area contributed by atoms with Gasteiger partial charge in [0, 0.05) is 69.6 Å². The second-order valence-electron chi connectivity index (χ2n) is 20.8. The highest BCUT2D eigenvalue weighted by Crippen LogP contribution is 2.24. The number of aliphatic imine (C=N–C) groups is 2. The van der Waals surface area contributed by atoms with Crippen molar-refractivity contribution in [3.8, 4) is 0 Å². The van der Waals surface area contributed by atoms with Gasteiger partial charge in [-0.2, -0.15) is 0 Å². The summed E-state index contributed by atoms with van der Waals surface area (Å²) in [6, 6.07) is 7.57. The van der Waals surface area contributed by atoms with Crippen LogP contribution in [0.5, 0.6) is 0 Å². The average molecular weight is 1110 g/mol. The van der Waals surface area contributed by atoms with E-state index in [0.717, 1.165) is 10.9 Å². The van der Waals surface area contributed by atoms with Crippen LogP contribution in [0.15, 0.2) is 70.8 Å². The van der Waals surface area contributed by atoms with Crippen molar-refractivity contribution in [1.29, 1.82) is 0 Å². The van der Waals surface area contributed by atoms with E-state index in [9.17, 15) is 43.2 Å². The number of aromatic amines is 1. The van der Waals surface area contributed by atoms with Gasteiger partial charge in [-0.25, -0.2) is 0 Å². The van der Waals surface area contributed by atoms with Crippen molar-refractivity contribution in [2.75, 3.05) is 32.7 Å². The predicted octanol–water partition coefficient (Wildman–Crippen LogP) is -0.929. The number of carbonyl (C=O) groups is 9. The standard InChI is InChI=1S/C55H80N16O9/c1-33-46(73)67-41(22-13-27-62-55(58)59)52(79)70-28-14-23-44(70)50(77)60-25-11-4-3-8-20-40(48(75)69-43(30-35-16-6-5-7-17-35)53(80)71-29-15-24-45(71)51(78)64-33)66-49(76)42(31-36-32-63-38-19-10-9-18-37(36)38)68-47(74)39(65-34(2)72)21-12-26-61-54(56)57/h5-7,9-10,16-19,32-33,39-45,63H,3-4,8,11-15,20-31H2,1-2H3,(H,60,77)(H,64,78)(H,65,72)(H,66,76)(H,67,73)(H,68,74)(H,69,75)(H4,56,57,61)(H4,58,59,62)/t33-,39-,40-,41-,42-,43-,44-,45-/m0/s1. The number of para-hydroxylation sites is 1. The molecule has 16 N–H and O–H groups in total. The fourth-order valence-corrected chi connectivity index (χ4v) is 10.5. The molecule has 25 nitrogen and oxygen atoms in total. The minimum atomic E-state index is -1.28. The van der Waals surface area contributed by atoms with Crippen LogP contribution in [0.4, 0.5) is 0 Å². The number of guanidine groups is 2. The molecule has 9 amide bonds. The Hall–Kier alpha value is -8.25. The van der Waals surface area contributed by atoms with Crippen LogP contribution in [0, 0.1) is 0 Å². The van der Waals surface area contributed by atoms with Crippen LogP contribution in [-0.2, 0) is 56.0 Å². The quantitative estimate of drug-likeness (QED) is 0.0442. The van der Waals surface area contributed by atoms with Gasteiger partial charge in [0.1, 0.15) is 48.3 Å². The monoisotopic (exact) mass is 1110 g/mol. The zero-order valence-electron chi connectivity index (χ0n) is 45.8. The normalized spacial score (nSPS) is 22.7. The topological polar surface area (TPSA) is 389 Å². The van der Waals surface area contributed by atoms with Crippen molar-refractivity contribution in [3.05, 3.63) is 71.9 Å². The zero-order chi connectivity index (χ0) is 57.7. The van der Waals surface area contributed by atoms with Crippen molar-refractivity contribution in [2.24, 2.45) is 32.9 Å². The first kappa shape index (κ1) is 61.0. The smallest absolute Gasteiger partial charge is 0.246 e. The van der Waals surface area contributed by atoms with E-state index in [4.69, 9.17) is 22.9 Å². The summed E-state index contributed by atoms with van der Waals surface area (Å²) in [7, 11) is 0. The first-order chi connectivity index (χ1) is 38.4. The van der Waals surface area contributed by atoms with E-state index in [2.05, 4.69) is 52.2 Å². The lowest BCUT2D eigenvalue weighted by atomic mass is 10.0. The molecule has 6 rings (SSSR count). The molecule has 80 heavy (non-hydrogen) atoms. The molecule has 0 spiro atoms. The highest BCUT2D eigenvalue weighted by atomic mass is 16.2. The maximum atomic E-state index is 14.9. The number of hydrogen-bond acceptors (Lipinski definition) is 11. The lowest BCUT2D eigenvalue weighted by Gasteiger charge is -2.31. The number of carbonyl (C=O) groups excluding carboxylic acids is 9. The zero-order valence-corrected chi connectivity index (χ0v) is 45.8. The Morgan fingerprint density at radius 2 is 1.29 bits per heavy atom. The molecule has 3 aliphatic heterocycles. The minimum absolute atomic E-state index is 0.0187. The SMILES string of the molecule is CC(=O)N[C@@H](CCCN=C(N)N)C(=O)N[C@@H](Cc1c[nH]c2ccccc12)C(=O)N[C@H]1CCCCCCNC(=O)[C@@H]2CCCN2C(=O)[C@H](CCCN=C(N)N)NC(=O)[C@H](C)NC(=O)[C@@H]2CCCN2C(=O)[C@H](Cc2ccccc2)NC1=O. The molecule has 0 radical (unpaired) electrons. The van der Waals surface area contributed by atoms with Crippen LogP contribution in [0.3, 0.4) is 0 Å². The Kier molecular flexibility index (Phi) is 23.0. The van der Waals surface area contributed by atoms with Crippen molar-refractivity contribution in [2.45, 2.75) is 158 Å². The summed E-state index contributed by atoms with van der Waals surface area (Å²) in [6.07, 6.45) is 6.55. The third-order valence-electron chi connectivity index (χ3n) is 14.6. The van der Waals surface area contributed by atoms with Gasteiger partial charge < -0.3 is 74.9 Å². The Balaban J connectivity index is 1.29. The molecule has 1 aromatic heterocycles. The number of fused-ring (bicyclic) bond motifs is 3. The molecule has 434 valence electrons. The molecular formula is C55H80N16O9. The van der Waals surface area contributed by atoms with Crippen molar-refractivity contribution < 1.29 is 43.2 Å². The third-order valence-corrected chi connectivity index (χ3v) is 14.6. The number of rotatable bonds is 17. The molecule has 3 aromatic rings. The summed E-state index contributed by atoms with van der Waals surface area (Å²) < 4.78 is 0. The Bertz CT molecular complexity index is 2710. The van der Waals surface area contributed by atoms with E-state index >= 15 is 0 Å². The van der Waals surface area contributed by atoms with Gasteiger partial charge in [-0.1, -0.05) is 67.8 Å². The number of nitrogens with one attached hydrogen (secondary N) is 8. The van der Waals surface area contributed by atoms with Crippen LogP contribution in [0.25, 0.3) is 10.9 Å². The van der Waals surface area contributed by atoms with Gasteiger partial charge in [-0.05, 0) is 88.3 Å². The maximum Gasteiger partial charge on any atom is 0.246 e. The second-order valence-corrected chi connectivity index (χ2v) is 20.8. The molecule has 0 unspecified atom stereocenters. The van der Waals surface area contributed by atoms with E-state index in [0.29, 0.717) is 75.5 Å². The number of aromatic nitrogens is 1. The van der Waals surface area contributed by atoms with Crippen molar-refractivity contribution in [3.63, 3.8) is 0 Å². The summed E-state index contributed by atoms with van der Waals surface area (Å²) in [5.41, 5.74) is 24.3. The highest BCUT2D eigenvalue weighted by molar-refractivity contribution is 5.99. The number of benzene rings is 2. The van der Waals surface area contributed by atoms with Gasteiger partial charge >= 0.3 is 0 Å². The molecule has 0 saturated carbocycles. The number of H-pyrrole nitrogens is 1. The van der Waals surface area contributed by atoms with Crippen molar-refractivity contribution >= 4 is 76.0 Å². The molecule has 2 aromatic carbocycles. The number of nitrogens with two attached hydrogens (primary N) is 4. The van der Waals surface area contributed by atoms with Gasteiger partial charge in [-0.3, -0.25) is 53.1 Å². The fourth-order valence-electron chi connectivity index (χ4n) is 10.5. The minimum Gasteiger partial charge on any atom is -0.370 e. The van der Waals surface area contributed by atoms with Gasteiger partial charge in [0.2, 0.25) is 53.2 Å². The highest BCUT2D eigenvalue weighted by Gasteiger charge is 2.41. The summed E-state index contributed by atoms with van der Waals surface area (Å²) in [4.78, 5) is 141. The number of amides is 9. The van der Waals surface area contributed by atoms with Crippen LogP contribution in [0.1, 0.15) is 108 Å². The van der Waals surface area contributed by atoms with E-state index in [-0.39, 0.29) is 82.5 Å². The lowest BCUT2D eigenvalue weighted by Crippen LogP contribution is -2.60. The predicted molar refractivity (Wildman–Crippen MR) is 300 cm³/mol. The van der Waals surface area contributed by atoms with Crippen LogP contribution in [0.2, 0.25) is 0 Å². The first-order valence-corrected chi connectivity index (χ1v) is 27.8. The fraction of sp³-hybridized carbons (Fsp3) is 0.545. The molecule has 3 fully saturated rings. The molecule has 3 aliphatic rings. The van der Waals surface area contributed by atoms with Gasteiger partial charge in [-0.15, -0.1) is 0 Å². The second kappa shape index (κ2) is 30.2. The average Bonchev–Trinajstić information content (AvgIpc) is 4.23. The summed E-state index contributed by atoms with van der Waals surface area (Å²) >= 11 is 0. The van der Waals surface area contributed by atoms with E-state index < -0.39 is 95.6 Å². The molecular weight excluding hydrogens is 1030 g/mol. The lowest BCUT2D eigenvalue weighted by molar-refractivity contribution is -0.143. The Morgan fingerprint density at radius 1 is 0.662 bits per heavy atom. The summed E-state index contributed by atoms with van der Waals surface area (Å²) in [5, 5.41) is 20.6. The molecule has 8 atom stereocenters. The molecule has 3 saturated heterocycles. The van der Waals surface area contributed by atoms with Gasteiger partial charge in [0.25, 0.3) is 0 Å². The molecule has 4 heterocycles. The number of hydrogen-bond donors (Lipinski definition) is 12. The molecule has 25 heteroatoms. The van der Waals surface area contributed by atoms with Gasteiger partial charge in [0.15, 0.2) is 11.9 Å². The first-order valence-electron chi connectivity index (χ1n) is 27.8. The van der Waals surface area contributed by atoms with Crippen molar-refractivity contribution in [1.82, 2.24) is 52.0 Å². The van der Waals surface area contributed by atoms with E-state index in [1.165, 1.54) is 23.6 Å². The van der Waals surface area contributed by atoms with Gasteiger partial charge in [0.05, 0.1) is 0 Å².